The Bertz CT molecular complexity index is 2520. The summed E-state index contributed by atoms with van der Waals surface area (Å²) < 4.78 is 51.1. The van der Waals surface area contributed by atoms with Crippen molar-refractivity contribution >= 4 is 36.8 Å². The lowest BCUT2D eigenvalue weighted by molar-refractivity contribution is -0.890. The van der Waals surface area contributed by atoms with E-state index in [9.17, 15) is 14.5 Å². The Morgan fingerprint density at radius 2 is 1.80 bits per heavy atom. The number of epoxide rings is 1. The molecule has 18 heteroatoms. The highest BCUT2D eigenvalue weighted by Crippen LogP contribution is 2.69. The molecule has 7 aliphatic heterocycles. The molecule has 4 saturated heterocycles. The molecule has 17 nitrogen and oxygen atoms in total. The quantitative estimate of drug-likeness (QED) is 0.0507. The highest BCUT2D eigenvalue weighted by Gasteiger charge is 2.80. The second-order valence-corrected chi connectivity index (χ2v) is 23.6. The summed E-state index contributed by atoms with van der Waals surface area (Å²) in [6.07, 6.45) is 4.84. The number of aliphatic hydroxyl groups is 1. The van der Waals surface area contributed by atoms with Gasteiger partial charge in [-0.3, -0.25) is 23.8 Å². The minimum Gasteiger partial charge on any atom is -0.633 e. The first-order valence-corrected chi connectivity index (χ1v) is 27.2. The van der Waals surface area contributed by atoms with Crippen LogP contribution >= 0.6 is 7.60 Å². The number of fused-ring (bicyclic) bond motifs is 8. The van der Waals surface area contributed by atoms with Crippen LogP contribution in [0.2, 0.25) is 0 Å². The number of benzene rings is 2. The normalized spacial score (nSPS) is 39.0. The minimum atomic E-state index is -3.98. The second-order valence-electron chi connectivity index (χ2n) is 21.3. The molecule has 1 saturated carbocycles. The molecule has 10 rings (SSSR count). The molecule has 382 valence electrons. The lowest BCUT2D eigenvalue weighted by atomic mass is 9.47. The van der Waals surface area contributed by atoms with Gasteiger partial charge in [-0.05, 0) is 75.8 Å². The first-order chi connectivity index (χ1) is 33.4. The van der Waals surface area contributed by atoms with Gasteiger partial charge in [0, 0.05) is 78.6 Å². The maximum atomic E-state index is 15.8. The predicted molar refractivity (Wildman–Crippen MR) is 261 cm³/mol. The van der Waals surface area contributed by atoms with E-state index in [4.69, 9.17) is 28.0 Å². The number of ether oxygens (including phenoxy) is 4. The van der Waals surface area contributed by atoms with Crippen molar-refractivity contribution < 1.29 is 56.7 Å². The summed E-state index contributed by atoms with van der Waals surface area (Å²) in [5.41, 5.74) is -2.72. The van der Waals surface area contributed by atoms with Gasteiger partial charge in [0.15, 0.2) is 6.10 Å². The van der Waals surface area contributed by atoms with Gasteiger partial charge < -0.3 is 58.5 Å². The average molecular weight is 990 g/mol. The van der Waals surface area contributed by atoms with Crippen LogP contribution in [0.15, 0.2) is 48.6 Å². The fourth-order valence-electron chi connectivity index (χ4n) is 15.8. The topological polar surface area (TPSA) is 201 Å². The number of anilines is 2. The van der Waals surface area contributed by atoms with Gasteiger partial charge in [0.1, 0.15) is 35.2 Å². The summed E-state index contributed by atoms with van der Waals surface area (Å²) in [7, 11) is 0.863. The number of hydrogen-bond donors (Lipinski definition) is 3. The van der Waals surface area contributed by atoms with Crippen molar-refractivity contribution in [2.24, 2.45) is 11.3 Å². The Kier molecular flexibility index (Phi) is 12.2. The SMILES string of the molecule is CCOP(=O)(OCC)[C@@H](CC)NC(=O)[C@@]1(O)[C@H]2N(C)c3cc(OC)c([C@@]4(C(=O)OC)CC5C[N+]([O-])(CCC6c7ccccc7NC64)CC4(CC)OC54)cc3[C@]23CCN2CC=C[C@@](CC)([C@@H]23)[C@@H]1OC(C)=O. The number of methoxy groups -OCH3 is 2. The molecular formula is C52H72N5O12P. The number of esters is 2. The van der Waals surface area contributed by atoms with E-state index in [-0.39, 0.29) is 50.5 Å². The van der Waals surface area contributed by atoms with Crippen LogP contribution in [0.1, 0.15) is 103 Å². The first-order valence-electron chi connectivity index (χ1n) is 25.6. The Morgan fingerprint density at radius 1 is 1.06 bits per heavy atom. The Balaban J connectivity index is 1.22. The van der Waals surface area contributed by atoms with Gasteiger partial charge in [0.2, 0.25) is 5.60 Å². The fourth-order valence-corrected chi connectivity index (χ4v) is 17.7. The van der Waals surface area contributed by atoms with E-state index in [2.05, 4.69) is 34.6 Å². The number of rotatable bonds is 14. The number of likely N-dealkylation sites (N-methyl/N-ethyl adjacent to an activating group) is 1. The molecule has 70 heavy (non-hydrogen) atoms. The van der Waals surface area contributed by atoms with Crippen LogP contribution in [0.3, 0.4) is 0 Å². The number of hydroxylamine groups is 3. The third kappa shape index (κ3) is 6.67. The molecular weight excluding hydrogens is 918 g/mol. The molecule has 1 spiro atoms. The number of nitrogens with one attached hydrogen (secondary N) is 2. The van der Waals surface area contributed by atoms with Gasteiger partial charge in [-0.15, -0.1) is 0 Å². The molecule has 8 aliphatic rings. The summed E-state index contributed by atoms with van der Waals surface area (Å²) in [4.78, 5) is 49.2. The Labute approximate surface area is 411 Å². The summed E-state index contributed by atoms with van der Waals surface area (Å²) >= 11 is 0. The van der Waals surface area contributed by atoms with Crippen LogP contribution in [0.5, 0.6) is 5.75 Å². The van der Waals surface area contributed by atoms with Crippen molar-refractivity contribution in [1.82, 2.24) is 10.2 Å². The zero-order valence-electron chi connectivity index (χ0n) is 42.2. The van der Waals surface area contributed by atoms with Crippen LogP contribution in [-0.4, -0.2) is 147 Å². The average Bonchev–Trinajstić information content (AvgIpc) is 3.61. The van der Waals surface area contributed by atoms with Gasteiger partial charge in [0.25, 0.3) is 5.91 Å². The number of carbonyl (C=O) groups excluding carboxylic acids is 3. The van der Waals surface area contributed by atoms with Crippen molar-refractivity contribution in [3.63, 3.8) is 0 Å². The van der Waals surface area contributed by atoms with Gasteiger partial charge in [-0.25, -0.2) is 0 Å². The second kappa shape index (κ2) is 17.3. The molecule has 1 amide bonds. The molecule has 5 fully saturated rings. The third-order valence-electron chi connectivity index (χ3n) is 18.3. The van der Waals surface area contributed by atoms with E-state index < -0.39 is 87.5 Å². The van der Waals surface area contributed by atoms with Crippen molar-refractivity contribution in [3.05, 3.63) is 70.4 Å². The molecule has 14 atom stereocenters. The van der Waals surface area contributed by atoms with E-state index in [0.29, 0.717) is 68.9 Å². The number of hydrogen-bond acceptors (Lipinski definition) is 15. The van der Waals surface area contributed by atoms with Gasteiger partial charge >= 0.3 is 19.5 Å². The molecule has 2 aromatic carbocycles. The minimum absolute atomic E-state index is 0.0558. The monoisotopic (exact) mass is 989 g/mol. The van der Waals surface area contributed by atoms with E-state index in [1.807, 2.05) is 55.3 Å². The zero-order valence-corrected chi connectivity index (χ0v) is 43.1. The molecule has 2 aromatic rings. The number of piperidine rings is 1. The lowest BCUT2D eigenvalue weighted by Crippen LogP contribution is -2.82. The van der Waals surface area contributed by atoms with Gasteiger partial charge in [-0.1, -0.05) is 51.1 Å². The van der Waals surface area contributed by atoms with Crippen LogP contribution in [0.25, 0.3) is 0 Å². The van der Waals surface area contributed by atoms with Gasteiger partial charge in [0.05, 0.1) is 52.6 Å². The maximum absolute atomic E-state index is 15.8. The van der Waals surface area contributed by atoms with Crippen molar-refractivity contribution in [2.45, 2.75) is 144 Å². The molecule has 0 radical (unpaired) electrons. The van der Waals surface area contributed by atoms with Crippen LogP contribution in [-0.2, 0) is 53.0 Å². The predicted octanol–water partition coefficient (Wildman–Crippen LogP) is 5.86. The number of para-hydroxylation sites is 1. The van der Waals surface area contributed by atoms with Crippen LogP contribution in [0.4, 0.5) is 11.4 Å². The molecule has 1 aliphatic carbocycles. The number of amides is 1. The largest absolute Gasteiger partial charge is 0.633 e. The van der Waals surface area contributed by atoms with Crippen molar-refractivity contribution in [3.8, 4) is 5.75 Å². The summed E-state index contributed by atoms with van der Waals surface area (Å²) in [6, 6.07) is 10.0. The van der Waals surface area contributed by atoms with Crippen molar-refractivity contribution in [1.29, 1.82) is 0 Å². The molecule has 3 N–H and O–H groups in total. The summed E-state index contributed by atoms with van der Waals surface area (Å²) in [6.45, 7) is 12.8. The Hall–Kier alpha value is -4.06. The summed E-state index contributed by atoms with van der Waals surface area (Å²) in [5.74, 6) is -3.33. The number of quaternary nitrogens is 1. The zero-order chi connectivity index (χ0) is 50.0. The van der Waals surface area contributed by atoms with Crippen molar-refractivity contribution in [2.75, 3.05) is 77.4 Å². The van der Waals surface area contributed by atoms with Crippen LogP contribution < -0.4 is 20.3 Å². The number of carbonyl (C=O) groups is 3. The van der Waals surface area contributed by atoms with Gasteiger partial charge in [-0.2, -0.15) is 0 Å². The highest BCUT2D eigenvalue weighted by atomic mass is 31.2. The third-order valence-corrected chi connectivity index (χ3v) is 20.8. The lowest BCUT2D eigenvalue weighted by Gasteiger charge is -2.64. The molecule has 2 bridgehead atoms. The standard InChI is InChI=1S/C52H72N5O12P/c1-10-40(70(63,66-13-4)67-14-5)54-46(59)52(61)44-50(22-24-56-23-17-21-48(11-2,43(50)56)45(52)68-31(6)58)35-26-36(39(64-8)27-38(35)55(44)7)51(47(60)65-9)28-32-29-57(62,30-49(12-3)42(32)69-49)25-20-34-33-18-15-16-19-37(33)53-41(34)51/h15-19,21,26-27,32,34,40-45,53,61H,10-14,20,22-25,28-30H2,1-9H3,(H,54,59)/t32?,34?,40-,41?,42?,43+,44-,45-,48-,49?,50-,51-,52+,57?/m0/s1. The fraction of sp³-hybridized carbons (Fsp3) is 0.673. The smallest absolute Gasteiger partial charge is 0.352 e. The molecule has 7 heterocycles. The maximum Gasteiger partial charge on any atom is 0.352 e. The van der Waals surface area contributed by atoms with E-state index >= 15 is 14.8 Å². The van der Waals surface area contributed by atoms with E-state index in [1.165, 1.54) is 14.0 Å². The molecule has 6 unspecified atom stereocenters. The van der Waals surface area contributed by atoms with Crippen LogP contribution in [0, 0.1) is 16.5 Å². The molecule has 0 aromatic heterocycles. The van der Waals surface area contributed by atoms with E-state index in [0.717, 1.165) is 16.8 Å². The summed E-state index contributed by atoms with van der Waals surface area (Å²) in [5, 5.41) is 36.0. The highest BCUT2D eigenvalue weighted by molar-refractivity contribution is 7.54. The number of nitrogens with zero attached hydrogens (tertiary/aromatic N) is 3. The van der Waals surface area contributed by atoms with E-state index in [1.54, 1.807) is 27.9 Å². The Morgan fingerprint density at radius 3 is 2.46 bits per heavy atom. The first kappa shape index (κ1) is 49.5.